The summed E-state index contributed by atoms with van der Waals surface area (Å²) in [5, 5.41) is 21.6. The average molecular weight is 499 g/mol. The van der Waals surface area contributed by atoms with Crippen LogP contribution in [0.5, 0.6) is 0 Å². The molecule has 1 saturated heterocycles. The van der Waals surface area contributed by atoms with Gasteiger partial charge in [-0.2, -0.15) is 0 Å². The van der Waals surface area contributed by atoms with Crippen molar-refractivity contribution in [1.29, 1.82) is 0 Å². The van der Waals surface area contributed by atoms with Crippen LogP contribution in [0, 0.1) is 11.8 Å². The molecule has 0 aromatic heterocycles. The number of hydrogen-bond acceptors (Lipinski definition) is 6. The first kappa shape index (κ1) is 27.1. The van der Waals surface area contributed by atoms with Crippen molar-refractivity contribution < 1.29 is 29.2 Å². The van der Waals surface area contributed by atoms with Crippen LogP contribution < -0.4 is 0 Å². The topological polar surface area (TPSA) is 88.5 Å². The van der Waals surface area contributed by atoms with Gasteiger partial charge < -0.3 is 24.4 Å². The van der Waals surface area contributed by atoms with Crippen molar-refractivity contribution in [2.45, 2.75) is 107 Å². The minimum absolute atomic E-state index is 0.0709. The van der Waals surface area contributed by atoms with Crippen molar-refractivity contribution in [3.8, 4) is 0 Å². The van der Waals surface area contributed by atoms with E-state index < -0.39 is 24.3 Å². The summed E-state index contributed by atoms with van der Waals surface area (Å²) in [6.07, 6.45) is 19.7. The third-order valence-electron chi connectivity index (χ3n) is 7.54. The second-order valence-corrected chi connectivity index (χ2v) is 10.9. The van der Waals surface area contributed by atoms with E-state index in [4.69, 9.17) is 14.2 Å². The van der Waals surface area contributed by atoms with Crippen molar-refractivity contribution in [3.05, 3.63) is 60.8 Å². The predicted molar refractivity (Wildman–Crippen MR) is 139 cm³/mol. The van der Waals surface area contributed by atoms with Gasteiger partial charge in [-0.1, -0.05) is 61.6 Å². The second kappa shape index (κ2) is 13.0. The Kier molecular flexibility index (Phi) is 9.77. The number of ether oxygens (including phenoxy) is 3. The fraction of sp³-hybridized carbons (Fsp3) is 0.633. The van der Waals surface area contributed by atoms with Gasteiger partial charge in [-0.05, 0) is 63.2 Å². The molecule has 0 saturated carbocycles. The monoisotopic (exact) mass is 498 g/mol. The zero-order valence-corrected chi connectivity index (χ0v) is 21.4. The van der Waals surface area contributed by atoms with Crippen molar-refractivity contribution in [2.75, 3.05) is 0 Å². The highest BCUT2D eigenvalue weighted by molar-refractivity contribution is 5.82. The van der Waals surface area contributed by atoms with Crippen LogP contribution >= 0.6 is 0 Å². The molecule has 6 heteroatoms. The summed E-state index contributed by atoms with van der Waals surface area (Å²) < 4.78 is 17.7. The van der Waals surface area contributed by atoms with Crippen LogP contribution in [0.15, 0.2) is 60.8 Å². The Balaban J connectivity index is 1.44. The highest BCUT2D eigenvalue weighted by Gasteiger charge is 2.46. The van der Waals surface area contributed by atoms with Gasteiger partial charge in [0.1, 0.15) is 18.3 Å². The second-order valence-electron chi connectivity index (χ2n) is 10.9. The molecule has 1 aliphatic carbocycles. The molecule has 0 spiro atoms. The summed E-state index contributed by atoms with van der Waals surface area (Å²) in [5.41, 5.74) is 1.00. The Morgan fingerprint density at radius 1 is 1.08 bits per heavy atom. The number of aliphatic hydroxyl groups excluding tert-OH is 2. The molecule has 4 rings (SSSR count). The van der Waals surface area contributed by atoms with E-state index >= 15 is 0 Å². The molecule has 3 heterocycles. The number of aliphatic hydroxyl groups is 2. The van der Waals surface area contributed by atoms with E-state index in [9.17, 15) is 15.0 Å². The number of esters is 1. The number of rotatable bonds is 3. The van der Waals surface area contributed by atoms with Crippen LogP contribution in [0.2, 0.25) is 0 Å². The van der Waals surface area contributed by atoms with Gasteiger partial charge in [-0.3, -0.25) is 0 Å². The summed E-state index contributed by atoms with van der Waals surface area (Å²) in [4.78, 5) is 12.6. The highest BCUT2D eigenvalue weighted by Crippen LogP contribution is 2.35. The third-order valence-corrected chi connectivity index (χ3v) is 7.54. The van der Waals surface area contributed by atoms with E-state index in [0.29, 0.717) is 31.1 Å². The van der Waals surface area contributed by atoms with Crippen molar-refractivity contribution >= 4 is 5.97 Å². The number of allylic oxidation sites excluding steroid dienone is 3. The summed E-state index contributed by atoms with van der Waals surface area (Å²) >= 11 is 0. The molecular formula is C30H42O6. The third kappa shape index (κ3) is 8.27. The van der Waals surface area contributed by atoms with E-state index in [2.05, 4.69) is 31.7 Å². The van der Waals surface area contributed by atoms with E-state index in [-0.39, 0.29) is 24.4 Å². The molecule has 36 heavy (non-hydrogen) atoms. The summed E-state index contributed by atoms with van der Waals surface area (Å²) in [6, 6.07) is 0. The Bertz CT molecular complexity index is 873. The Labute approximate surface area is 215 Å². The molecular weight excluding hydrogens is 456 g/mol. The molecule has 198 valence electrons. The largest absolute Gasteiger partial charge is 0.456 e. The molecule has 0 aromatic carbocycles. The van der Waals surface area contributed by atoms with Gasteiger partial charge in [0.25, 0.3) is 0 Å². The molecule has 3 aliphatic heterocycles. The molecule has 1 unspecified atom stereocenters. The minimum Gasteiger partial charge on any atom is -0.456 e. The first-order valence-corrected chi connectivity index (χ1v) is 13.6. The van der Waals surface area contributed by atoms with Crippen LogP contribution in [-0.4, -0.2) is 58.9 Å². The van der Waals surface area contributed by atoms with Gasteiger partial charge >= 0.3 is 5.97 Å². The van der Waals surface area contributed by atoms with Gasteiger partial charge in [0.15, 0.2) is 0 Å². The lowest BCUT2D eigenvalue weighted by molar-refractivity contribution is -0.148. The van der Waals surface area contributed by atoms with E-state index in [0.717, 1.165) is 44.1 Å². The van der Waals surface area contributed by atoms with Crippen LogP contribution in [-0.2, 0) is 19.0 Å². The van der Waals surface area contributed by atoms with Crippen LogP contribution in [0.1, 0.15) is 64.7 Å². The van der Waals surface area contributed by atoms with Gasteiger partial charge in [0.2, 0.25) is 0 Å². The number of carbonyl (C=O) groups is 1. The van der Waals surface area contributed by atoms with Crippen LogP contribution in [0.4, 0.5) is 0 Å². The number of epoxide rings is 1. The molecule has 2 N–H and O–H groups in total. The summed E-state index contributed by atoms with van der Waals surface area (Å²) in [7, 11) is 0. The molecule has 0 radical (unpaired) electrons. The summed E-state index contributed by atoms with van der Waals surface area (Å²) in [6.45, 7) is 6.39. The Morgan fingerprint density at radius 3 is 2.75 bits per heavy atom. The lowest BCUT2D eigenvalue weighted by Gasteiger charge is -2.28. The van der Waals surface area contributed by atoms with Gasteiger partial charge in [-0.25, -0.2) is 4.79 Å². The van der Waals surface area contributed by atoms with Gasteiger partial charge in [-0.15, -0.1) is 0 Å². The first-order valence-electron chi connectivity index (χ1n) is 13.6. The van der Waals surface area contributed by atoms with Crippen LogP contribution in [0.3, 0.4) is 0 Å². The molecule has 0 aromatic rings. The maximum Gasteiger partial charge on any atom is 0.330 e. The number of fused-ring (bicyclic) bond motifs is 3. The molecule has 0 amide bonds. The zero-order chi connectivity index (χ0) is 25.5. The molecule has 6 nitrogen and oxygen atoms in total. The van der Waals surface area contributed by atoms with Crippen LogP contribution in [0.25, 0.3) is 0 Å². The van der Waals surface area contributed by atoms with E-state index in [1.807, 2.05) is 12.2 Å². The predicted octanol–water partition coefficient (Wildman–Crippen LogP) is 4.73. The fourth-order valence-corrected chi connectivity index (χ4v) is 5.58. The normalized spacial score (nSPS) is 39.2. The van der Waals surface area contributed by atoms with Crippen molar-refractivity contribution in [2.24, 2.45) is 11.8 Å². The zero-order valence-electron chi connectivity index (χ0n) is 21.4. The highest BCUT2D eigenvalue weighted by atomic mass is 16.6. The quantitative estimate of drug-likeness (QED) is 0.332. The molecule has 9 atom stereocenters. The van der Waals surface area contributed by atoms with E-state index in [1.54, 1.807) is 12.2 Å². The lowest BCUT2D eigenvalue weighted by Crippen LogP contribution is -2.32. The lowest BCUT2D eigenvalue weighted by atomic mass is 9.90. The van der Waals surface area contributed by atoms with Crippen molar-refractivity contribution in [1.82, 2.24) is 0 Å². The minimum atomic E-state index is -0.943. The molecule has 1 fully saturated rings. The summed E-state index contributed by atoms with van der Waals surface area (Å²) in [5.74, 6) is 0.283. The number of cyclic esters (lactones) is 1. The fourth-order valence-electron chi connectivity index (χ4n) is 5.58. The number of carbonyl (C=O) groups excluding carboxylic acids is 1. The average Bonchev–Trinajstić information content (AvgIpc) is 3.62. The standard InChI is InChI=1S/C30H42O6/c1-20-16-21(2)18-26(32)30-28(36-30)19-27(25(31)15-14-22-8-4-3-5-9-22)35-29(33)13-7-11-23-10-6-12-24(17-20)34-23/h3-4,6-7,10,13-15,20,22-28,30-32H,2,5,8-9,11-12,16-19H2,1H3/t20-,22?,23-,24-,25-,26-,27-,28-,30-/m0/s1. The first-order chi connectivity index (χ1) is 17.4. The van der Waals surface area contributed by atoms with Gasteiger partial charge in [0, 0.05) is 12.5 Å². The number of hydrogen-bond donors (Lipinski definition) is 2. The van der Waals surface area contributed by atoms with Crippen molar-refractivity contribution in [3.63, 3.8) is 0 Å². The molecule has 4 aliphatic rings. The molecule has 2 bridgehead atoms. The smallest absolute Gasteiger partial charge is 0.330 e. The SMILES string of the molecule is C=C1C[C@H](C)C[C@@H]2CC=C[C@@H](CC=CC(=O)O[C@H]([C@@H](O)C=CC3CC=CCC3)C[C@@H]3O[C@H]3[C@@H](O)C1)O2. The maximum atomic E-state index is 12.6. The Hall–Kier alpha value is -1.99. The van der Waals surface area contributed by atoms with Gasteiger partial charge in [0.05, 0.1) is 24.4 Å². The maximum absolute atomic E-state index is 12.6. The Morgan fingerprint density at radius 2 is 1.94 bits per heavy atom. The van der Waals surface area contributed by atoms with E-state index in [1.165, 1.54) is 6.08 Å².